The van der Waals surface area contributed by atoms with Crippen molar-refractivity contribution in [2.24, 2.45) is 0 Å². The predicted molar refractivity (Wildman–Crippen MR) is 86.2 cm³/mol. The number of ether oxygens (including phenoxy) is 1. The topological polar surface area (TPSA) is 62.1 Å². The van der Waals surface area contributed by atoms with Gasteiger partial charge >= 0.3 is 5.97 Å². The van der Waals surface area contributed by atoms with Crippen molar-refractivity contribution < 1.29 is 9.53 Å². The third kappa shape index (κ3) is 4.00. The second-order valence-electron chi connectivity index (χ2n) is 4.71. The van der Waals surface area contributed by atoms with Crippen molar-refractivity contribution in [2.75, 3.05) is 11.9 Å². The summed E-state index contributed by atoms with van der Waals surface area (Å²) in [4.78, 5) is 11.7. The molecule has 1 N–H and O–H groups in total. The van der Waals surface area contributed by atoms with Gasteiger partial charge in [-0.2, -0.15) is 5.26 Å². The summed E-state index contributed by atoms with van der Waals surface area (Å²) in [6.07, 6.45) is 0.0916. The van der Waals surface area contributed by atoms with Gasteiger partial charge in [0.25, 0.3) is 0 Å². The zero-order chi connectivity index (χ0) is 15.9. The molecule has 4 nitrogen and oxygen atoms in total. The van der Waals surface area contributed by atoms with Crippen LogP contribution in [0.3, 0.4) is 0 Å². The molecule has 0 atom stereocenters. The molecule has 0 heterocycles. The molecule has 0 radical (unpaired) electrons. The van der Waals surface area contributed by atoms with Gasteiger partial charge in [-0.05, 0) is 30.2 Å². The third-order valence-corrected chi connectivity index (χ3v) is 3.45. The minimum Gasteiger partial charge on any atom is -0.450 e. The maximum absolute atomic E-state index is 11.7. The van der Waals surface area contributed by atoms with Crippen LogP contribution >= 0.6 is 11.6 Å². The molecule has 0 fully saturated rings. The Labute approximate surface area is 134 Å². The molecule has 0 bridgehead atoms. The number of nitrogens with zero attached hydrogens (tertiary/aromatic N) is 1. The van der Waals surface area contributed by atoms with Gasteiger partial charge in [0.15, 0.2) is 6.61 Å². The molecular formula is C17H15ClN2O2. The van der Waals surface area contributed by atoms with Crippen molar-refractivity contribution in [3.8, 4) is 6.07 Å². The average Bonchev–Trinajstić information content (AvgIpc) is 2.50. The number of halogens is 1. The molecule has 2 rings (SSSR count). The number of anilines is 2. The van der Waals surface area contributed by atoms with Gasteiger partial charge in [-0.15, -0.1) is 0 Å². The summed E-state index contributed by atoms with van der Waals surface area (Å²) >= 11 is 6.22. The Morgan fingerprint density at radius 1 is 1.27 bits per heavy atom. The first-order chi connectivity index (χ1) is 10.6. The molecule has 0 aliphatic carbocycles. The van der Waals surface area contributed by atoms with E-state index in [1.165, 1.54) is 0 Å². The van der Waals surface area contributed by atoms with Gasteiger partial charge in [0.1, 0.15) is 6.07 Å². The van der Waals surface area contributed by atoms with Crippen LogP contribution in [0.1, 0.15) is 11.1 Å². The fourth-order valence-electron chi connectivity index (χ4n) is 2.04. The molecule has 0 amide bonds. The SMILES string of the molecule is Cc1cccc(Cl)c1Nc1ccccc1CC(=O)OCC#N. The molecule has 0 unspecified atom stereocenters. The average molecular weight is 315 g/mol. The van der Waals surface area contributed by atoms with Crippen LogP contribution in [-0.2, 0) is 16.0 Å². The van der Waals surface area contributed by atoms with E-state index in [1.54, 1.807) is 12.1 Å². The molecule has 5 heteroatoms. The van der Waals surface area contributed by atoms with Crippen LogP contribution in [0.4, 0.5) is 11.4 Å². The molecule has 0 saturated heterocycles. The highest BCUT2D eigenvalue weighted by Gasteiger charge is 2.11. The number of benzene rings is 2. The van der Waals surface area contributed by atoms with Gasteiger partial charge in [-0.3, -0.25) is 4.79 Å². The Morgan fingerprint density at radius 3 is 2.77 bits per heavy atom. The van der Waals surface area contributed by atoms with Gasteiger partial charge < -0.3 is 10.1 Å². The second kappa shape index (κ2) is 7.48. The number of nitriles is 1. The summed E-state index contributed by atoms with van der Waals surface area (Å²) in [5.41, 5.74) is 3.38. The number of para-hydroxylation sites is 2. The lowest BCUT2D eigenvalue weighted by molar-refractivity contribution is -0.141. The van der Waals surface area contributed by atoms with Gasteiger partial charge in [0.2, 0.25) is 0 Å². The van der Waals surface area contributed by atoms with E-state index in [1.807, 2.05) is 43.3 Å². The monoisotopic (exact) mass is 314 g/mol. The Bertz CT molecular complexity index is 703. The van der Waals surface area contributed by atoms with Gasteiger partial charge in [0.05, 0.1) is 17.1 Å². The molecule has 0 aliphatic heterocycles. The molecule has 22 heavy (non-hydrogen) atoms. The number of hydrogen-bond donors (Lipinski definition) is 1. The lowest BCUT2D eigenvalue weighted by atomic mass is 10.1. The number of esters is 1. The fourth-order valence-corrected chi connectivity index (χ4v) is 2.31. The van der Waals surface area contributed by atoms with E-state index < -0.39 is 5.97 Å². The molecule has 112 valence electrons. The van der Waals surface area contributed by atoms with E-state index in [9.17, 15) is 4.79 Å². The van der Waals surface area contributed by atoms with E-state index in [0.717, 1.165) is 22.5 Å². The van der Waals surface area contributed by atoms with Crippen LogP contribution in [0.15, 0.2) is 42.5 Å². The number of carbonyl (C=O) groups excluding carboxylic acids is 1. The molecular weight excluding hydrogens is 300 g/mol. The first-order valence-corrected chi connectivity index (χ1v) is 7.12. The van der Waals surface area contributed by atoms with Crippen molar-refractivity contribution in [3.05, 3.63) is 58.6 Å². The van der Waals surface area contributed by atoms with Crippen LogP contribution < -0.4 is 5.32 Å². The van der Waals surface area contributed by atoms with Crippen molar-refractivity contribution in [2.45, 2.75) is 13.3 Å². The van der Waals surface area contributed by atoms with Gasteiger partial charge in [-0.25, -0.2) is 0 Å². The Hall–Kier alpha value is -2.51. The number of carbonyl (C=O) groups is 1. The van der Waals surface area contributed by atoms with E-state index in [4.69, 9.17) is 21.6 Å². The predicted octanol–water partition coefficient (Wildman–Crippen LogP) is 4.00. The first-order valence-electron chi connectivity index (χ1n) is 6.74. The van der Waals surface area contributed by atoms with Crippen molar-refractivity contribution in [1.82, 2.24) is 0 Å². The first kappa shape index (κ1) is 15.9. The maximum Gasteiger partial charge on any atom is 0.311 e. The molecule has 2 aromatic rings. The van der Waals surface area contributed by atoms with Gasteiger partial charge in [-0.1, -0.05) is 41.9 Å². The zero-order valence-electron chi connectivity index (χ0n) is 12.1. The quantitative estimate of drug-likeness (QED) is 0.847. The summed E-state index contributed by atoms with van der Waals surface area (Å²) in [5, 5.41) is 12.3. The molecule has 0 aromatic heterocycles. The highest BCUT2D eigenvalue weighted by atomic mass is 35.5. The van der Waals surface area contributed by atoms with Crippen molar-refractivity contribution in [1.29, 1.82) is 5.26 Å². The summed E-state index contributed by atoms with van der Waals surface area (Å²) in [6.45, 7) is 1.72. The zero-order valence-corrected chi connectivity index (χ0v) is 12.9. The number of nitrogens with one attached hydrogen (secondary N) is 1. The number of hydrogen-bond acceptors (Lipinski definition) is 4. The largest absolute Gasteiger partial charge is 0.450 e. The Balaban J connectivity index is 2.22. The van der Waals surface area contributed by atoms with Crippen LogP contribution in [-0.4, -0.2) is 12.6 Å². The highest BCUT2D eigenvalue weighted by Crippen LogP contribution is 2.30. The summed E-state index contributed by atoms with van der Waals surface area (Å²) in [5.74, 6) is -0.438. The normalized spacial score (nSPS) is 9.86. The third-order valence-electron chi connectivity index (χ3n) is 3.13. The standard InChI is InChI=1S/C17H15ClN2O2/c1-12-5-4-7-14(18)17(12)20-15-8-3-2-6-13(15)11-16(21)22-10-9-19/h2-8,20H,10-11H2,1H3. The second-order valence-corrected chi connectivity index (χ2v) is 5.12. The Kier molecular flexibility index (Phi) is 5.40. The van der Waals surface area contributed by atoms with E-state index in [-0.39, 0.29) is 13.0 Å². The molecule has 0 spiro atoms. The summed E-state index contributed by atoms with van der Waals surface area (Å²) < 4.78 is 4.79. The highest BCUT2D eigenvalue weighted by molar-refractivity contribution is 6.33. The van der Waals surface area contributed by atoms with Crippen LogP contribution in [0.25, 0.3) is 0 Å². The number of aryl methyl sites for hydroxylation is 1. The van der Waals surface area contributed by atoms with Gasteiger partial charge in [0, 0.05) is 5.69 Å². The summed E-state index contributed by atoms with van der Waals surface area (Å²) in [7, 11) is 0. The molecule has 2 aromatic carbocycles. The van der Waals surface area contributed by atoms with E-state index >= 15 is 0 Å². The lowest BCUT2D eigenvalue weighted by Gasteiger charge is -2.14. The van der Waals surface area contributed by atoms with E-state index in [0.29, 0.717) is 5.02 Å². The minimum absolute atomic E-state index is 0.0916. The number of rotatable bonds is 5. The molecule has 0 saturated carbocycles. The fraction of sp³-hybridized carbons (Fsp3) is 0.176. The van der Waals surface area contributed by atoms with Crippen LogP contribution in [0.2, 0.25) is 5.02 Å². The van der Waals surface area contributed by atoms with E-state index in [2.05, 4.69) is 5.32 Å². The smallest absolute Gasteiger partial charge is 0.311 e. The minimum atomic E-state index is -0.438. The van der Waals surface area contributed by atoms with Crippen LogP contribution in [0, 0.1) is 18.3 Å². The lowest BCUT2D eigenvalue weighted by Crippen LogP contribution is -2.09. The Morgan fingerprint density at radius 2 is 2.05 bits per heavy atom. The van der Waals surface area contributed by atoms with Crippen LogP contribution in [0.5, 0.6) is 0 Å². The van der Waals surface area contributed by atoms with Crippen molar-refractivity contribution >= 4 is 28.9 Å². The van der Waals surface area contributed by atoms with Crippen molar-refractivity contribution in [3.63, 3.8) is 0 Å². The summed E-state index contributed by atoms with van der Waals surface area (Å²) in [6, 6.07) is 14.8. The molecule has 0 aliphatic rings. The maximum atomic E-state index is 11.7.